The molecule has 0 bridgehead atoms. The van der Waals surface area contributed by atoms with Crippen molar-refractivity contribution < 1.29 is 24.0 Å². The van der Waals surface area contributed by atoms with Gasteiger partial charge in [-0.15, -0.1) is 0 Å². The molecule has 0 unspecified atom stereocenters. The lowest BCUT2D eigenvalue weighted by molar-refractivity contribution is -0.117. The van der Waals surface area contributed by atoms with Crippen LogP contribution in [-0.4, -0.2) is 36.9 Å². The number of hydrogen-bond acceptors (Lipinski definition) is 7. The highest BCUT2D eigenvalue weighted by Gasteiger charge is 2.30. The molecule has 0 radical (unpaired) electrons. The Hall–Kier alpha value is -3.66. The molecule has 5 N–H and O–H groups in total. The molecular weight excluding hydrogens is 378 g/mol. The van der Waals surface area contributed by atoms with E-state index in [-0.39, 0.29) is 34.5 Å². The van der Waals surface area contributed by atoms with Crippen LogP contribution in [0.4, 0.5) is 17.2 Å². The number of hydrogen-bond donors (Lipinski definition) is 4. The second-order valence-electron chi connectivity index (χ2n) is 6.39. The minimum absolute atomic E-state index is 0.00276. The van der Waals surface area contributed by atoms with Gasteiger partial charge in [-0.05, 0) is 25.0 Å². The Balaban J connectivity index is 1.98. The highest BCUT2D eigenvalue weighted by Crippen LogP contribution is 2.34. The maximum Gasteiger partial charge on any atom is 0.278 e. The van der Waals surface area contributed by atoms with Crippen molar-refractivity contribution in [1.29, 1.82) is 0 Å². The highest BCUT2D eigenvalue weighted by molar-refractivity contribution is 6.02. The standard InChI is InChI=1S/C19H21N5O5/c1-28-16-11(17(20)25)4-3-5-13(16)22-14-8-15(23-18(26)10-6-7-10)21-9-12(14)19(27)24-29-2/h3-5,8-10H,6-7H2,1-2H3,(H2,20,25)(H,24,27)(H2,21,22,23,26). The monoisotopic (exact) mass is 399 g/mol. The van der Waals surface area contributed by atoms with Crippen LogP contribution in [0.3, 0.4) is 0 Å². The predicted octanol–water partition coefficient (Wildman–Crippen LogP) is 1.57. The van der Waals surface area contributed by atoms with Crippen LogP contribution in [-0.2, 0) is 9.63 Å². The van der Waals surface area contributed by atoms with E-state index in [9.17, 15) is 14.4 Å². The first-order chi connectivity index (χ1) is 13.9. The van der Waals surface area contributed by atoms with E-state index in [0.717, 1.165) is 12.8 Å². The van der Waals surface area contributed by atoms with Gasteiger partial charge in [0.05, 0.1) is 36.7 Å². The molecule has 2 aromatic rings. The summed E-state index contributed by atoms with van der Waals surface area (Å²) in [5.74, 6) is -0.827. The number of amides is 3. The highest BCUT2D eigenvalue weighted by atomic mass is 16.6. The number of aromatic nitrogens is 1. The number of methoxy groups -OCH3 is 1. The molecule has 3 rings (SSSR count). The van der Waals surface area contributed by atoms with E-state index in [1.807, 2.05) is 0 Å². The van der Waals surface area contributed by atoms with Gasteiger partial charge in [-0.1, -0.05) is 6.07 Å². The topological polar surface area (TPSA) is 145 Å². The van der Waals surface area contributed by atoms with Crippen molar-refractivity contribution in [1.82, 2.24) is 10.5 Å². The van der Waals surface area contributed by atoms with Gasteiger partial charge in [0.15, 0.2) is 5.75 Å². The number of nitrogens with two attached hydrogens (primary N) is 1. The van der Waals surface area contributed by atoms with E-state index in [1.54, 1.807) is 12.1 Å². The molecule has 10 nitrogen and oxygen atoms in total. The zero-order valence-corrected chi connectivity index (χ0v) is 15.9. The van der Waals surface area contributed by atoms with Gasteiger partial charge in [0, 0.05) is 18.2 Å². The number of nitrogens with one attached hydrogen (secondary N) is 3. The fourth-order valence-corrected chi connectivity index (χ4v) is 2.72. The Kier molecular flexibility index (Phi) is 5.93. The number of benzene rings is 1. The van der Waals surface area contributed by atoms with Crippen molar-refractivity contribution >= 4 is 34.9 Å². The molecule has 1 aliphatic carbocycles. The molecule has 1 heterocycles. The number of carbonyl (C=O) groups is 3. The van der Waals surface area contributed by atoms with Gasteiger partial charge >= 0.3 is 0 Å². The number of rotatable bonds is 8. The third kappa shape index (κ3) is 4.61. The number of ether oxygens (including phenoxy) is 1. The molecular formula is C19H21N5O5. The molecule has 0 saturated heterocycles. The van der Waals surface area contributed by atoms with Gasteiger partial charge in [0.2, 0.25) is 5.91 Å². The van der Waals surface area contributed by atoms with Crippen molar-refractivity contribution in [2.24, 2.45) is 11.7 Å². The maximum absolute atomic E-state index is 12.3. The Bertz CT molecular complexity index is 958. The number of para-hydroxylation sites is 1. The largest absolute Gasteiger partial charge is 0.494 e. The molecule has 1 aromatic heterocycles. The van der Waals surface area contributed by atoms with Gasteiger partial charge in [-0.25, -0.2) is 10.5 Å². The summed E-state index contributed by atoms with van der Waals surface area (Å²) < 4.78 is 5.32. The number of nitrogens with zero attached hydrogens (tertiary/aromatic N) is 1. The minimum Gasteiger partial charge on any atom is -0.494 e. The fraction of sp³-hybridized carbons (Fsp3) is 0.263. The minimum atomic E-state index is -0.657. The number of pyridine rings is 1. The van der Waals surface area contributed by atoms with Gasteiger partial charge in [0.25, 0.3) is 11.8 Å². The van der Waals surface area contributed by atoms with E-state index in [4.69, 9.17) is 10.5 Å². The van der Waals surface area contributed by atoms with Crippen LogP contribution >= 0.6 is 0 Å². The molecule has 1 aliphatic rings. The third-order valence-corrected chi connectivity index (χ3v) is 4.30. The summed E-state index contributed by atoms with van der Waals surface area (Å²) in [7, 11) is 2.71. The van der Waals surface area contributed by atoms with Crippen LogP contribution < -0.4 is 26.6 Å². The number of primary amides is 1. The number of anilines is 3. The second kappa shape index (κ2) is 8.57. The van der Waals surface area contributed by atoms with Crippen molar-refractivity contribution in [2.75, 3.05) is 24.9 Å². The molecule has 1 aromatic carbocycles. The summed E-state index contributed by atoms with van der Waals surface area (Å²) in [5, 5.41) is 5.77. The molecule has 0 spiro atoms. The lowest BCUT2D eigenvalue weighted by Gasteiger charge is -2.16. The van der Waals surface area contributed by atoms with Crippen molar-refractivity contribution in [3.63, 3.8) is 0 Å². The Morgan fingerprint density at radius 3 is 2.52 bits per heavy atom. The van der Waals surface area contributed by atoms with E-state index in [2.05, 4.69) is 25.9 Å². The lowest BCUT2D eigenvalue weighted by Crippen LogP contribution is -2.23. The molecule has 3 amide bonds. The zero-order chi connectivity index (χ0) is 21.0. The van der Waals surface area contributed by atoms with Gasteiger partial charge in [-0.3, -0.25) is 19.2 Å². The average Bonchev–Trinajstić information content (AvgIpc) is 3.53. The van der Waals surface area contributed by atoms with Crippen LogP contribution in [0.2, 0.25) is 0 Å². The van der Waals surface area contributed by atoms with Gasteiger partial charge in [0.1, 0.15) is 5.82 Å². The van der Waals surface area contributed by atoms with Gasteiger partial charge in [-0.2, -0.15) is 0 Å². The summed E-state index contributed by atoms with van der Waals surface area (Å²) >= 11 is 0. The molecule has 29 heavy (non-hydrogen) atoms. The lowest BCUT2D eigenvalue weighted by atomic mass is 10.1. The fourth-order valence-electron chi connectivity index (χ4n) is 2.72. The predicted molar refractivity (Wildman–Crippen MR) is 105 cm³/mol. The van der Waals surface area contributed by atoms with Crippen LogP contribution in [0.5, 0.6) is 5.75 Å². The smallest absolute Gasteiger partial charge is 0.278 e. The summed E-state index contributed by atoms with van der Waals surface area (Å²) in [5.41, 5.74) is 8.68. The van der Waals surface area contributed by atoms with Crippen LogP contribution in [0.25, 0.3) is 0 Å². The van der Waals surface area contributed by atoms with E-state index in [0.29, 0.717) is 11.4 Å². The summed E-state index contributed by atoms with van der Waals surface area (Å²) in [6.45, 7) is 0. The van der Waals surface area contributed by atoms with E-state index in [1.165, 1.54) is 32.5 Å². The normalized spacial score (nSPS) is 12.8. The first-order valence-electron chi connectivity index (χ1n) is 8.82. The van der Waals surface area contributed by atoms with Crippen molar-refractivity contribution in [3.8, 4) is 5.75 Å². The molecule has 1 saturated carbocycles. The average molecular weight is 399 g/mol. The molecule has 0 atom stereocenters. The van der Waals surface area contributed by atoms with E-state index < -0.39 is 11.8 Å². The Morgan fingerprint density at radius 2 is 1.90 bits per heavy atom. The SMILES string of the molecule is CONC(=O)c1cnc(NC(=O)C2CC2)cc1Nc1cccc(C(N)=O)c1OC. The summed E-state index contributed by atoms with van der Waals surface area (Å²) in [6, 6.07) is 6.32. The molecule has 0 aliphatic heterocycles. The molecule has 1 fully saturated rings. The van der Waals surface area contributed by atoms with Crippen LogP contribution in [0, 0.1) is 5.92 Å². The number of hydroxylamine groups is 1. The van der Waals surface area contributed by atoms with Crippen LogP contribution in [0.1, 0.15) is 33.6 Å². The second-order valence-corrected chi connectivity index (χ2v) is 6.39. The first-order valence-corrected chi connectivity index (χ1v) is 8.82. The van der Waals surface area contributed by atoms with Crippen LogP contribution in [0.15, 0.2) is 30.5 Å². The summed E-state index contributed by atoms with van der Waals surface area (Å²) in [4.78, 5) is 44.9. The quantitative estimate of drug-likeness (QED) is 0.493. The summed E-state index contributed by atoms with van der Waals surface area (Å²) in [6.07, 6.45) is 3.01. The Morgan fingerprint density at radius 1 is 1.14 bits per heavy atom. The van der Waals surface area contributed by atoms with Gasteiger partial charge < -0.3 is 21.1 Å². The zero-order valence-electron chi connectivity index (χ0n) is 15.9. The third-order valence-electron chi connectivity index (χ3n) is 4.30. The molecule has 10 heteroatoms. The van der Waals surface area contributed by atoms with Crippen molar-refractivity contribution in [2.45, 2.75) is 12.8 Å². The molecule has 152 valence electrons. The maximum atomic E-state index is 12.3. The van der Waals surface area contributed by atoms with E-state index >= 15 is 0 Å². The number of carbonyl (C=O) groups excluding carboxylic acids is 3. The first kappa shape index (κ1) is 20.1. The van der Waals surface area contributed by atoms with Crippen molar-refractivity contribution in [3.05, 3.63) is 41.6 Å². The Labute approximate surface area is 166 Å².